The fourth-order valence-electron chi connectivity index (χ4n) is 1.49. The predicted octanol–water partition coefficient (Wildman–Crippen LogP) is 0.928. The predicted molar refractivity (Wildman–Crippen MR) is 54.3 cm³/mol. The molecule has 0 saturated heterocycles. The maximum atomic E-state index is 13.2. The van der Waals surface area contributed by atoms with Gasteiger partial charge in [0.25, 0.3) is 0 Å². The second kappa shape index (κ2) is 4.17. The van der Waals surface area contributed by atoms with Crippen molar-refractivity contribution in [1.82, 2.24) is 5.32 Å². The third kappa shape index (κ3) is 2.36. The van der Waals surface area contributed by atoms with Crippen molar-refractivity contribution < 1.29 is 13.6 Å². The van der Waals surface area contributed by atoms with E-state index in [0.29, 0.717) is 6.42 Å². The molecule has 2 atom stereocenters. The van der Waals surface area contributed by atoms with Crippen molar-refractivity contribution in [2.75, 3.05) is 0 Å². The summed E-state index contributed by atoms with van der Waals surface area (Å²) in [6.45, 7) is 0.0637. The van der Waals surface area contributed by atoms with Crippen LogP contribution in [0.4, 0.5) is 8.78 Å². The molecule has 1 aliphatic carbocycles. The van der Waals surface area contributed by atoms with E-state index in [9.17, 15) is 13.6 Å². The Labute approximate surface area is 91.6 Å². The van der Waals surface area contributed by atoms with E-state index in [1.165, 1.54) is 6.07 Å². The summed E-state index contributed by atoms with van der Waals surface area (Å²) in [5, 5.41) is 2.57. The minimum Gasteiger partial charge on any atom is -0.352 e. The van der Waals surface area contributed by atoms with Gasteiger partial charge in [-0.15, -0.1) is 0 Å². The van der Waals surface area contributed by atoms with Crippen LogP contribution in [-0.4, -0.2) is 11.9 Å². The van der Waals surface area contributed by atoms with E-state index < -0.39 is 11.6 Å². The Hall–Kier alpha value is -1.49. The molecule has 0 heterocycles. The fraction of sp³-hybridized carbons (Fsp3) is 0.364. The average molecular weight is 226 g/mol. The van der Waals surface area contributed by atoms with Crippen LogP contribution in [0.25, 0.3) is 0 Å². The lowest BCUT2D eigenvalue weighted by atomic mass is 10.2. The Balaban J connectivity index is 1.92. The van der Waals surface area contributed by atoms with E-state index in [1.54, 1.807) is 0 Å². The van der Waals surface area contributed by atoms with Crippen molar-refractivity contribution >= 4 is 5.91 Å². The van der Waals surface area contributed by atoms with Gasteiger partial charge in [0, 0.05) is 24.2 Å². The zero-order valence-corrected chi connectivity index (χ0v) is 8.54. The van der Waals surface area contributed by atoms with Crippen molar-refractivity contribution in [2.24, 2.45) is 11.7 Å². The Morgan fingerprint density at radius 3 is 2.75 bits per heavy atom. The molecular weight excluding hydrogens is 214 g/mol. The highest BCUT2D eigenvalue weighted by atomic mass is 19.1. The average Bonchev–Trinajstić information content (AvgIpc) is 2.94. The van der Waals surface area contributed by atoms with Gasteiger partial charge in [-0.2, -0.15) is 0 Å². The van der Waals surface area contributed by atoms with Crippen LogP contribution in [0.1, 0.15) is 12.0 Å². The number of hydrogen-bond donors (Lipinski definition) is 2. The molecule has 1 amide bonds. The first-order chi connectivity index (χ1) is 7.58. The molecule has 0 unspecified atom stereocenters. The molecule has 1 aromatic carbocycles. The number of halogens is 2. The van der Waals surface area contributed by atoms with Crippen molar-refractivity contribution in [3.05, 3.63) is 35.4 Å². The topological polar surface area (TPSA) is 55.1 Å². The van der Waals surface area contributed by atoms with Gasteiger partial charge in [-0.25, -0.2) is 8.78 Å². The quantitative estimate of drug-likeness (QED) is 0.805. The smallest absolute Gasteiger partial charge is 0.225 e. The minimum atomic E-state index is -0.652. The SMILES string of the molecule is N[C@@H]1C[C@@H]1C(=O)NCc1ccc(F)cc1F. The first kappa shape index (κ1) is 11.0. The molecule has 1 saturated carbocycles. The van der Waals surface area contributed by atoms with Crippen molar-refractivity contribution in [3.8, 4) is 0 Å². The van der Waals surface area contributed by atoms with Crippen LogP contribution in [0.3, 0.4) is 0 Å². The molecule has 0 radical (unpaired) electrons. The van der Waals surface area contributed by atoms with Gasteiger partial charge in [0.1, 0.15) is 11.6 Å². The molecule has 5 heteroatoms. The Morgan fingerprint density at radius 2 is 2.19 bits per heavy atom. The fourth-order valence-corrected chi connectivity index (χ4v) is 1.49. The Morgan fingerprint density at radius 1 is 1.50 bits per heavy atom. The summed E-state index contributed by atoms with van der Waals surface area (Å²) in [7, 11) is 0. The molecule has 0 aliphatic heterocycles. The van der Waals surface area contributed by atoms with Crippen LogP contribution >= 0.6 is 0 Å². The van der Waals surface area contributed by atoms with Crippen molar-refractivity contribution in [2.45, 2.75) is 19.0 Å². The summed E-state index contributed by atoms with van der Waals surface area (Å²) in [5.41, 5.74) is 5.77. The molecule has 0 bridgehead atoms. The monoisotopic (exact) mass is 226 g/mol. The van der Waals surface area contributed by atoms with Crippen LogP contribution in [-0.2, 0) is 11.3 Å². The number of benzene rings is 1. The molecule has 3 nitrogen and oxygen atoms in total. The lowest BCUT2D eigenvalue weighted by Gasteiger charge is -2.05. The van der Waals surface area contributed by atoms with E-state index >= 15 is 0 Å². The highest BCUT2D eigenvalue weighted by molar-refractivity contribution is 5.82. The first-order valence-corrected chi connectivity index (χ1v) is 5.05. The molecule has 86 valence electrons. The van der Waals surface area contributed by atoms with Gasteiger partial charge in [-0.1, -0.05) is 6.07 Å². The lowest BCUT2D eigenvalue weighted by molar-refractivity contribution is -0.122. The van der Waals surface area contributed by atoms with Gasteiger partial charge in [-0.3, -0.25) is 4.79 Å². The van der Waals surface area contributed by atoms with Crippen LogP contribution in [0.5, 0.6) is 0 Å². The molecule has 0 aromatic heterocycles. The zero-order valence-electron chi connectivity index (χ0n) is 8.54. The van der Waals surface area contributed by atoms with E-state index in [2.05, 4.69) is 5.32 Å². The maximum Gasteiger partial charge on any atom is 0.225 e. The zero-order chi connectivity index (χ0) is 11.7. The van der Waals surface area contributed by atoms with Crippen LogP contribution < -0.4 is 11.1 Å². The molecule has 1 aromatic rings. The molecule has 3 N–H and O–H groups in total. The second-order valence-electron chi connectivity index (χ2n) is 3.96. The van der Waals surface area contributed by atoms with Crippen molar-refractivity contribution in [3.63, 3.8) is 0 Å². The van der Waals surface area contributed by atoms with Gasteiger partial charge >= 0.3 is 0 Å². The van der Waals surface area contributed by atoms with Crippen LogP contribution in [0.2, 0.25) is 0 Å². The van der Waals surface area contributed by atoms with Gasteiger partial charge in [-0.05, 0) is 12.5 Å². The number of rotatable bonds is 3. The number of carbonyl (C=O) groups is 1. The first-order valence-electron chi connectivity index (χ1n) is 5.05. The third-order valence-corrected chi connectivity index (χ3v) is 2.64. The normalized spacial score (nSPS) is 22.9. The standard InChI is InChI=1S/C11H12F2N2O/c12-7-2-1-6(9(13)3-7)5-15-11(16)8-4-10(8)14/h1-3,8,10H,4-5,14H2,(H,15,16)/t8-,10+/m0/s1. The summed E-state index contributed by atoms with van der Waals surface area (Å²) in [6.07, 6.45) is 0.678. The van der Waals surface area contributed by atoms with Crippen LogP contribution in [0.15, 0.2) is 18.2 Å². The molecule has 16 heavy (non-hydrogen) atoms. The van der Waals surface area contributed by atoms with E-state index in [-0.39, 0.29) is 30.0 Å². The summed E-state index contributed by atoms with van der Waals surface area (Å²) < 4.78 is 25.8. The molecular formula is C11H12F2N2O. The Kier molecular flexibility index (Phi) is 2.87. The second-order valence-corrected chi connectivity index (χ2v) is 3.96. The van der Waals surface area contributed by atoms with E-state index in [1.807, 2.05) is 0 Å². The molecule has 1 fully saturated rings. The molecule has 0 spiro atoms. The number of hydrogen-bond acceptors (Lipinski definition) is 2. The van der Waals surface area contributed by atoms with E-state index in [0.717, 1.165) is 12.1 Å². The Bertz CT molecular complexity index is 422. The molecule has 2 rings (SSSR count). The maximum absolute atomic E-state index is 13.2. The molecule has 1 aliphatic rings. The van der Waals surface area contributed by atoms with Gasteiger partial charge in [0.15, 0.2) is 0 Å². The number of nitrogens with one attached hydrogen (secondary N) is 1. The van der Waals surface area contributed by atoms with Gasteiger partial charge in [0.05, 0.1) is 5.92 Å². The summed E-state index contributed by atoms with van der Waals surface area (Å²) >= 11 is 0. The summed E-state index contributed by atoms with van der Waals surface area (Å²) in [6, 6.07) is 3.20. The highest BCUT2D eigenvalue weighted by Crippen LogP contribution is 2.27. The van der Waals surface area contributed by atoms with E-state index in [4.69, 9.17) is 5.73 Å². The number of carbonyl (C=O) groups excluding carboxylic acids is 1. The minimum absolute atomic E-state index is 0.0637. The van der Waals surface area contributed by atoms with Gasteiger partial charge < -0.3 is 11.1 Å². The number of nitrogens with two attached hydrogens (primary N) is 1. The summed E-state index contributed by atoms with van der Waals surface area (Å²) in [4.78, 5) is 11.4. The largest absolute Gasteiger partial charge is 0.352 e. The van der Waals surface area contributed by atoms with Crippen molar-refractivity contribution in [1.29, 1.82) is 0 Å². The highest BCUT2D eigenvalue weighted by Gasteiger charge is 2.39. The van der Waals surface area contributed by atoms with Crippen LogP contribution in [0, 0.1) is 17.6 Å². The summed E-state index contributed by atoms with van der Waals surface area (Å²) in [5.74, 6) is -1.60. The lowest BCUT2D eigenvalue weighted by Crippen LogP contribution is -2.27. The number of amides is 1. The third-order valence-electron chi connectivity index (χ3n) is 2.64. The van der Waals surface area contributed by atoms with Gasteiger partial charge in [0.2, 0.25) is 5.91 Å².